The van der Waals surface area contributed by atoms with E-state index in [1.165, 1.54) is 6.92 Å². The Morgan fingerprint density at radius 3 is 2.17 bits per heavy atom. The van der Waals surface area contributed by atoms with Crippen molar-refractivity contribution in [2.75, 3.05) is 37.2 Å². The molecule has 1 aliphatic rings. The van der Waals surface area contributed by atoms with Crippen molar-refractivity contribution < 1.29 is 18.0 Å². The summed E-state index contributed by atoms with van der Waals surface area (Å²) in [6.45, 7) is 5.19. The number of carbonyl (C=O) groups excluding carboxylic acids is 2. The normalized spacial score (nSPS) is 15.4. The summed E-state index contributed by atoms with van der Waals surface area (Å²) >= 11 is 0. The highest BCUT2D eigenvalue weighted by atomic mass is 32.2. The van der Waals surface area contributed by atoms with Crippen LogP contribution in [0.1, 0.15) is 22.8 Å². The highest BCUT2D eigenvalue weighted by molar-refractivity contribution is 7.92. The predicted octanol–water partition coefficient (Wildman–Crippen LogP) is 0.671. The Hall–Kier alpha value is -2.09. The van der Waals surface area contributed by atoms with E-state index in [1.54, 1.807) is 28.0 Å². The van der Waals surface area contributed by atoms with E-state index >= 15 is 0 Å². The maximum atomic E-state index is 12.7. The van der Waals surface area contributed by atoms with Crippen molar-refractivity contribution in [2.24, 2.45) is 0 Å². The van der Waals surface area contributed by atoms with Gasteiger partial charge in [0, 0.05) is 33.1 Å². The van der Waals surface area contributed by atoms with Gasteiger partial charge < -0.3 is 9.80 Å². The van der Waals surface area contributed by atoms with Crippen molar-refractivity contribution in [3.05, 3.63) is 29.3 Å². The van der Waals surface area contributed by atoms with E-state index in [1.807, 2.05) is 6.92 Å². The Kier molecular flexibility index (Phi) is 4.93. The van der Waals surface area contributed by atoms with Crippen molar-refractivity contribution in [1.82, 2.24) is 9.80 Å². The summed E-state index contributed by atoms with van der Waals surface area (Å²) in [6, 6.07) is 5.01. The zero-order valence-corrected chi connectivity index (χ0v) is 14.3. The lowest BCUT2D eigenvalue weighted by atomic mass is 10.1. The highest BCUT2D eigenvalue weighted by Crippen LogP contribution is 2.21. The molecule has 1 saturated heterocycles. The van der Waals surface area contributed by atoms with Crippen LogP contribution in [0.4, 0.5) is 5.69 Å². The molecule has 2 rings (SSSR count). The van der Waals surface area contributed by atoms with Gasteiger partial charge >= 0.3 is 0 Å². The van der Waals surface area contributed by atoms with Crippen molar-refractivity contribution in [3.63, 3.8) is 0 Å². The summed E-state index contributed by atoms with van der Waals surface area (Å²) in [4.78, 5) is 27.4. The highest BCUT2D eigenvalue weighted by Gasteiger charge is 2.25. The van der Waals surface area contributed by atoms with E-state index in [0.29, 0.717) is 31.7 Å². The van der Waals surface area contributed by atoms with E-state index in [2.05, 4.69) is 4.72 Å². The second-order valence-corrected chi connectivity index (χ2v) is 7.47. The Morgan fingerprint density at radius 2 is 1.65 bits per heavy atom. The summed E-state index contributed by atoms with van der Waals surface area (Å²) in [5.74, 6) is -0.241. The van der Waals surface area contributed by atoms with Crippen molar-refractivity contribution >= 4 is 27.5 Å². The molecule has 0 aliphatic carbocycles. The fourth-order valence-electron chi connectivity index (χ4n) is 2.52. The number of nitrogens with one attached hydrogen (secondary N) is 1. The third kappa shape index (κ3) is 4.44. The number of piperazine rings is 1. The molecule has 0 spiro atoms. The Bertz CT molecular complexity index is 722. The number of anilines is 1. The molecule has 1 aliphatic heterocycles. The van der Waals surface area contributed by atoms with Crippen LogP contribution in [0.3, 0.4) is 0 Å². The molecule has 1 aromatic carbocycles. The number of benzene rings is 1. The smallest absolute Gasteiger partial charge is 0.256 e. The van der Waals surface area contributed by atoms with Gasteiger partial charge in [0.1, 0.15) is 0 Å². The SMILES string of the molecule is CC(=O)N1CCN(C(=O)c2cc(C)ccc2NS(C)(=O)=O)CC1. The van der Waals surface area contributed by atoms with Gasteiger partial charge in [-0.15, -0.1) is 0 Å². The van der Waals surface area contributed by atoms with Crippen molar-refractivity contribution in [3.8, 4) is 0 Å². The molecule has 8 heteroatoms. The number of amides is 2. The first-order valence-corrected chi connectivity index (χ1v) is 9.20. The molecular formula is C15H21N3O4S. The van der Waals surface area contributed by atoms with Gasteiger partial charge in [-0.2, -0.15) is 0 Å². The van der Waals surface area contributed by atoms with Crippen molar-refractivity contribution in [1.29, 1.82) is 0 Å². The van der Waals surface area contributed by atoms with Crippen LogP contribution in [0.15, 0.2) is 18.2 Å². The van der Waals surface area contributed by atoms with Crippen LogP contribution in [0.5, 0.6) is 0 Å². The van der Waals surface area contributed by atoms with Crippen LogP contribution in [0.25, 0.3) is 0 Å². The molecule has 23 heavy (non-hydrogen) atoms. The number of carbonyl (C=O) groups is 2. The molecule has 0 saturated carbocycles. The van der Waals surface area contributed by atoms with E-state index in [4.69, 9.17) is 0 Å². The van der Waals surface area contributed by atoms with Crippen LogP contribution in [0.2, 0.25) is 0 Å². The molecule has 0 unspecified atom stereocenters. The summed E-state index contributed by atoms with van der Waals surface area (Å²) in [5, 5.41) is 0. The summed E-state index contributed by atoms with van der Waals surface area (Å²) in [5.41, 5.74) is 1.47. The lowest BCUT2D eigenvalue weighted by Crippen LogP contribution is -2.50. The quantitative estimate of drug-likeness (QED) is 0.877. The number of rotatable bonds is 3. The molecule has 1 aromatic rings. The van der Waals surface area contributed by atoms with Gasteiger partial charge in [0.05, 0.1) is 17.5 Å². The molecule has 0 aromatic heterocycles. The molecule has 1 fully saturated rings. The monoisotopic (exact) mass is 339 g/mol. The Labute approximate surface area is 136 Å². The summed E-state index contributed by atoms with van der Waals surface area (Å²) in [7, 11) is -3.47. The lowest BCUT2D eigenvalue weighted by molar-refractivity contribution is -0.130. The first-order chi connectivity index (χ1) is 10.7. The molecule has 0 atom stereocenters. The maximum absolute atomic E-state index is 12.7. The minimum Gasteiger partial charge on any atom is -0.339 e. The predicted molar refractivity (Wildman–Crippen MR) is 87.8 cm³/mol. The van der Waals surface area contributed by atoms with Gasteiger partial charge in [0.2, 0.25) is 15.9 Å². The van der Waals surface area contributed by atoms with Crippen LogP contribution < -0.4 is 4.72 Å². The third-order valence-electron chi connectivity index (χ3n) is 3.71. The fraction of sp³-hybridized carbons (Fsp3) is 0.467. The van der Waals surface area contributed by atoms with Crippen LogP contribution in [-0.2, 0) is 14.8 Å². The maximum Gasteiger partial charge on any atom is 0.256 e. The van der Waals surface area contributed by atoms with Gasteiger partial charge in [0.25, 0.3) is 5.91 Å². The first kappa shape index (κ1) is 17.3. The van der Waals surface area contributed by atoms with Crippen molar-refractivity contribution in [2.45, 2.75) is 13.8 Å². The van der Waals surface area contributed by atoms with E-state index in [9.17, 15) is 18.0 Å². The van der Waals surface area contributed by atoms with Gasteiger partial charge in [-0.3, -0.25) is 14.3 Å². The number of hydrogen-bond donors (Lipinski definition) is 1. The minimum absolute atomic E-state index is 0.00733. The average molecular weight is 339 g/mol. The minimum atomic E-state index is -3.47. The largest absolute Gasteiger partial charge is 0.339 e. The van der Waals surface area contributed by atoms with Gasteiger partial charge in [-0.25, -0.2) is 8.42 Å². The zero-order chi connectivity index (χ0) is 17.2. The lowest BCUT2D eigenvalue weighted by Gasteiger charge is -2.34. The fourth-order valence-corrected chi connectivity index (χ4v) is 3.10. The van der Waals surface area contributed by atoms with Gasteiger partial charge in [-0.1, -0.05) is 11.6 Å². The number of nitrogens with zero attached hydrogens (tertiary/aromatic N) is 2. The topological polar surface area (TPSA) is 86.8 Å². The molecule has 126 valence electrons. The van der Waals surface area contributed by atoms with E-state index in [0.717, 1.165) is 11.8 Å². The van der Waals surface area contributed by atoms with E-state index in [-0.39, 0.29) is 17.5 Å². The first-order valence-electron chi connectivity index (χ1n) is 7.30. The number of aryl methyl sites for hydroxylation is 1. The van der Waals surface area contributed by atoms with Crippen LogP contribution in [-0.4, -0.2) is 62.5 Å². The molecule has 1 heterocycles. The standard InChI is InChI=1S/C15H21N3O4S/c1-11-4-5-14(16-23(3,21)22)13(10-11)15(20)18-8-6-17(7-9-18)12(2)19/h4-5,10,16H,6-9H2,1-3H3. The molecule has 1 N–H and O–H groups in total. The summed E-state index contributed by atoms with van der Waals surface area (Å²) < 4.78 is 25.3. The second kappa shape index (κ2) is 6.57. The van der Waals surface area contributed by atoms with E-state index < -0.39 is 10.0 Å². The van der Waals surface area contributed by atoms with Gasteiger partial charge in [0.15, 0.2) is 0 Å². The molecule has 2 amide bonds. The van der Waals surface area contributed by atoms with Crippen LogP contribution in [0, 0.1) is 6.92 Å². The zero-order valence-electron chi connectivity index (χ0n) is 13.5. The average Bonchev–Trinajstić information content (AvgIpc) is 2.47. The molecular weight excluding hydrogens is 318 g/mol. The second-order valence-electron chi connectivity index (χ2n) is 5.72. The number of sulfonamides is 1. The Morgan fingerprint density at radius 1 is 1.09 bits per heavy atom. The number of hydrogen-bond acceptors (Lipinski definition) is 4. The van der Waals surface area contributed by atoms with Gasteiger partial charge in [-0.05, 0) is 19.1 Å². The molecule has 7 nitrogen and oxygen atoms in total. The Balaban J connectivity index is 2.22. The molecule has 0 radical (unpaired) electrons. The summed E-state index contributed by atoms with van der Waals surface area (Å²) in [6.07, 6.45) is 1.05. The van der Waals surface area contributed by atoms with Crippen LogP contribution >= 0.6 is 0 Å². The third-order valence-corrected chi connectivity index (χ3v) is 4.30. The molecule has 0 bridgehead atoms.